The third kappa shape index (κ3) is 4.24. The lowest BCUT2D eigenvalue weighted by molar-refractivity contribution is -0.0668. The molecular weight excluding hydrogens is 220 g/mol. The van der Waals surface area contributed by atoms with Crippen LogP contribution in [-0.4, -0.2) is 34.1 Å². The van der Waals surface area contributed by atoms with Crippen molar-refractivity contribution in [3.63, 3.8) is 0 Å². The predicted octanol–water partition coefficient (Wildman–Crippen LogP) is 3.80. The molecular formula is C16H34N2. The van der Waals surface area contributed by atoms with Gasteiger partial charge < -0.3 is 5.32 Å². The summed E-state index contributed by atoms with van der Waals surface area (Å²) >= 11 is 0. The molecule has 108 valence electrons. The smallest absolute Gasteiger partial charge is 0.0133 e. The van der Waals surface area contributed by atoms with E-state index in [0.717, 1.165) is 12.1 Å². The van der Waals surface area contributed by atoms with Crippen molar-refractivity contribution in [2.24, 2.45) is 0 Å². The molecule has 2 heteroatoms. The third-order valence-corrected chi connectivity index (χ3v) is 3.88. The van der Waals surface area contributed by atoms with Crippen molar-refractivity contribution in [3.05, 3.63) is 0 Å². The van der Waals surface area contributed by atoms with E-state index in [2.05, 4.69) is 65.6 Å². The molecule has 3 atom stereocenters. The van der Waals surface area contributed by atoms with Crippen molar-refractivity contribution in [1.82, 2.24) is 10.2 Å². The van der Waals surface area contributed by atoms with Crippen LogP contribution < -0.4 is 5.32 Å². The molecule has 0 saturated carbocycles. The summed E-state index contributed by atoms with van der Waals surface area (Å²) in [5.41, 5.74) is 0.533. The Morgan fingerprint density at radius 1 is 1.11 bits per heavy atom. The Balaban J connectivity index is 2.53. The zero-order valence-corrected chi connectivity index (χ0v) is 13.8. The topological polar surface area (TPSA) is 15.3 Å². The van der Waals surface area contributed by atoms with E-state index < -0.39 is 0 Å². The molecule has 3 unspecified atom stereocenters. The fourth-order valence-corrected chi connectivity index (χ4v) is 3.58. The van der Waals surface area contributed by atoms with Crippen molar-refractivity contribution in [2.45, 2.75) is 104 Å². The molecule has 1 saturated heterocycles. The minimum Gasteiger partial charge on any atom is -0.310 e. The van der Waals surface area contributed by atoms with Crippen molar-refractivity contribution in [2.75, 3.05) is 0 Å². The second kappa shape index (κ2) is 5.50. The van der Waals surface area contributed by atoms with Gasteiger partial charge in [0, 0.05) is 29.2 Å². The zero-order valence-electron chi connectivity index (χ0n) is 13.8. The highest BCUT2D eigenvalue weighted by Crippen LogP contribution is 2.37. The number of rotatable bonds is 4. The average molecular weight is 254 g/mol. The number of likely N-dealkylation sites (tertiary alicyclic amines) is 1. The van der Waals surface area contributed by atoms with Gasteiger partial charge in [0.25, 0.3) is 0 Å². The Morgan fingerprint density at radius 2 is 1.67 bits per heavy atom. The van der Waals surface area contributed by atoms with Crippen LogP contribution in [0.3, 0.4) is 0 Å². The molecule has 18 heavy (non-hydrogen) atoms. The molecule has 0 amide bonds. The molecule has 0 bridgehead atoms. The standard InChI is InChI=1S/C16H34N2/c1-9-13-11-14(18(13)16(6,7)8)10-12(2)17-15(3,4)5/h12-14,17H,9-11H2,1-8H3. The minimum atomic E-state index is 0.222. The summed E-state index contributed by atoms with van der Waals surface area (Å²) in [4.78, 5) is 2.73. The molecule has 2 nitrogen and oxygen atoms in total. The molecule has 1 aliphatic rings. The maximum absolute atomic E-state index is 3.70. The van der Waals surface area contributed by atoms with Gasteiger partial charge in [-0.25, -0.2) is 0 Å². The molecule has 1 fully saturated rings. The van der Waals surface area contributed by atoms with Gasteiger partial charge in [-0.1, -0.05) is 6.92 Å². The number of nitrogens with one attached hydrogen (secondary N) is 1. The predicted molar refractivity (Wildman–Crippen MR) is 81.0 cm³/mol. The van der Waals surface area contributed by atoms with Crippen LogP contribution in [0.15, 0.2) is 0 Å². The fraction of sp³-hybridized carbons (Fsp3) is 1.00. The summed E-state index contributed by atoms with van der Waals surface area (Å²) in [5.74, 6) is 0. The summed E-state index contributed by atoms with van der Waals surface area (Å²) in [7, 11) is 0. The van der Waals surface area contributed by atoms with E-state index in [1.807, 2.05) is 0 Å². The Kier molecular flexibility index (Phi) is 4.88. The first-order valence-corrected chi connectivity index (χ1v) is 7.60. The van der Waals surface area contributed by atoms with Crippen LogP contribution in [0, 0.1) is 0 Å². The van der Waals surface area contributed by atoms with Gasteiger partial charge in [-0.3, -0.25) is 4.90 Å². The zero-order chi connectivity index (χ0) is 14.1. The molecule has 0 radical (unpaired) electrons. The van der Waals surface area contributed by atoms with Crippen LogP contribution in [0.4, 0.5) is 0 Å². The molecule has 1 rings (SSSR count). The second-order valence-corrected chi connectivity index (χ2v) is 8.06. The second-order valence-electron chi connectivity index (χ2n) is 8.06. The molecule has 0 aromatic rings. The van der Waals surface area contributed by atoms with Gasteiger partial charge in [-0.2, -0.15) is 0 Å². The van der Waals surface area contributed by atoms with Crippen LogP contribution in [-0.2, 0) is 0 Å². The Morgan fingerprint density at radius 3 is 2.06 bits per heavy atom. The van der Waals surface area contributed by atoms with Crippen molar-refractivity contribution >= 4 is 0 Å². The monoisotopic (exact) mass is 254 g/mol. The highest BCUT2D eigenvalue weighted by atomic mass is 15.3. The van der Waals surface area contributed by atoms with E-state index in [0.29, 0.717) is 11.6 Å². The largest absolute Gasteiger partial charge is 0.310 e. The van der Waals surface area contributed by atoms with Crippen LogP contribution in [0.25, 0.3) is 0 Å². The SMILES string of the molecule is CCC1CC(CC(C)NC(C)(C)C)N1C(C)(C)C. The summed E-state index contributed by atoms with van der Waals surface area (Å²) < 4.78 is 0. The average Bonchev–Trinajstić information content (AvgIpc) is 2.04. The summed E-state index contributed by atoms with van der Waals surface area (Å²) in [5, 5.41) is 3.70. The van der Waals surface area contributed by atoms with Gasteiger partial charge in [0.1, 0.15) is 0 Å². The molecule has 0 spiro atoms. The minimum absolute atomic E-state index is 0.222. The molecule has 0 aromatic heterocycles. The number of hydrogen-bond acceptors (Lipinski definition) is 2. The highest BCUT2D eigenvalue weighted by molar-refractivity contribution is 4.99. The molecule has 1 heterocycles. The fourth-order valence-electron chi connectivity index (χ4n) is 3.58. The van der Waals surface area contributed by atoms with Gasteiger partial charge in [-0.05, 0) is 67.7 Å². The molecule has 0 aromatic carbocycles. The highest BCUT2D eigenvalue weighted by Gasteiger charge is 2.43. The van der Waals surface area contributed by atoms with Gasteiger partial charge in [0.05, 0.1) is 0 Å². The maximum Gasteiger partial charge on any atom is 0.0133 e. The van der Waals surface area contributed by atoms with E-state index in [-0.39, 0.29) is 5.54 Å². The summed E-state index contributed by atoms with van der Waals surface area (Å²) in [6.07, 6.45) is 3.93. The quantitative estimate of drug-likeness (QED) is 0.821. The van der Waals surface area contributed by atoms with Crippen molar-refractivity contribution in [1.29, 1.82) is 0 Å². The molecule has 1 N–H and O–H groups in total. The van der Waals surface area contributed by atoms with Crippen molar-refractivity contribution in [3.8, 4) is 0 Å². The van der Waals surface area contributed by atoms with Crippen molar-refractivity contribution < 1.29 is 0 Å². The number of nitrogens with zero attached hydrogens (tertiary/aromatic N) is 1. The van der Waals surface area contributed by atoms with Crippen LogP contribution in [0.5, 0.6) is 0 Å². The van der Waals surface area contributed by atoms with Crippen LogP contribution in [0.2, 0.25) is 0 Å². The van der Waals surface area contributed by atoms with E-state index >= 15 is 0 Å². The maximum atomic E-state index is 3.70. The first-order chi connectivity index (χ1) is 8.04. The van der Waals surface area contributed by atoms with Crippen LogP contribution >= 0.6 is 0 Å². The van der Waals surface area contributed by atoms with E-state index in [1.165, 1.54) is 19.3 Å². The van der Waals surface area contributed by atoms with Gasteiger partial charge >= 0.3 is 0 Å². The molecule has 1 aliphatic heterocycles. The third-order valence-electron chi connectivity index (χ3n) is 3.88. The first kappa shape index (κ1) is 16.0. The van der Waals surface area contributed by atoms with Gasteiger partial charge in [0.15, 0.2) is 0 Å². The van der Waals surface area contributed by atoms with E-state index in [1.54, 1.807) is 0 Å². The van der Waals surface area contributed by atoms with Crippen LogP contribution in [0.1, 0.15) is 74.7 Å². The van der Waals surface area contributed by atoms with Gasteiger partial charge in [-0.15, -0.1) is 0 Å². The summed E-state index contributed by atoms with van der Waals surface area (Å²) in [6.45, 7) is 18.4. The lowest BCUT2D eigenvalue weighted by Crippen LogP contribution is -2.64. The lowest BCUT2D eigenvalue weighted by atomic mass is 9.81. The molecule has 0 aliphatic carbocycles. The number of hydrogen-bond donors (Lipinski definition) is 1. The Bertz CT molecular complexity index is 259. The van der Waals surface area contributed by atoms with E-state index in [9.17, 15) is 0 Å². The first-order valence-electron chi connectivity index (χ1n) is 7.60. The Labute approximate surface area is 115 Å². The van der Waals surface area contributed by atoms with E-state index in [4.69, 9.17) is 0 Å². The summed E-state index contributed by atoms with van der Waals surface area (Å²) in [6, 6.07) is 2.16. The van der Waals surface area contributed by atoms with Gasteiger partial charge in [0.2, 0.25) is 0 Å². The normalized spacial score (nSPS) is 28.0. The Hall–Kier alpha value is -0.0800. The lowest BCUT2D eigenvalue weighted by Gasteiger charge is -2.56.